The van der Waals surface area contributed by atoms with Crippen LogP contribution >= 0.6 is 11.6 Å². The highest BCUT2D eigenvalue weighted by atomic mass is 35.5. The van der Waals surface area contributed by atoms with Gasteiger partial charge in [-0.25, -0.2) is 0 Å². The van der Waals surface area contributed by atoms with Crippen molar-refractivity contribution in [3.63, 3.8) is 0 Å². The van der Waals surface area contributed by atoms with Crippen LogP contribution in [0.5, 0.6) is 5.75 Å². The number of furan rings is 1. The molecule has 0 fully saturated rings. The van der Waals surface area contributed by atoms with Gasteiger partial charge in [-0.2, -0.15) is 0 Å². The predicted octanol–water partition coefficient (Wildman–Crippen LogP) is 5.41. The zero-order chi connectivity index (χ0) is 19.4. The molecular formula is C20H14ClNO5. The lowest BCUT2D eigenvalue weighted by atomic mass is 10.1. The van der Waals surface area contributed by atoms with Gasteiger partial charge in [0.15, 0.2) is 5.78 Å². The van der Waals surface area contributed by atoms with Crippen LogP contribution in [0.3, 0.4) is 0 Å². The van der Waals surface area contributed by atoms with Crippen LogP contribution in [0.25, 0.3) is 17.4 Å². The fourth-order valence-electron chi connectivity index (χ4n) is 2.46. The Morgan fingerprint density at radius 3 is 2.56 bits per heavy atom. The van der Waals surface area contributed by atoms with Crippen LogP contribution in [-0.2, 0) is 0 Å². The van der Waals surface area contributed by atoms with Gasteiger partial charge in [0.2, 0.25) is 0 Å². The number of hydrogen-bond donors (Lipinski definition) is 0. The number of rotatable bonds is 6. The van der Waals surface area contributed by atoms with E-state index in [4.69, 9.17) is 20.8 Å². The molecule has 0 N–H and O–H groups in total. The molecule has 0 unspecified atom stereocenters. The number of halogens is 1. The second-order valence-electron chi connectivity index (χ2n) is 5.55. The summed E-state index contributed by atoms with van der Waals surface area (Å²) in [7, 11) is 1.55. The van der Waals surface area contributed by atoms with Gasteiger partial charge in [0, 0.05) is 16.7 Å². The Hall–Kier alpha value is -3.38. The predicted molar refractivity (Wildman–Crippen MR) is 102 cm³/mol. The van der Waals surface area contributed by atoms with Crippen LogP contribution in [0.2, 0.25) is 5.02 Å². The third-order valence-corrected chi connectivity index (χ3v) is 4.06. The normalized spacial score (nSPS) is 10.9. The van der Waals surface area contributed by atoms with Gasteiger partial charge in [-0.15, -0.1) is 0 Å². The highest BCUT2D eigenvalue weighted by Gasteiger charge is 2.18. The van der Waals surface area contributed by atoms with E-state index in [1.165, 1.54) is 24.3 Å². The Bertz CT molecular complexity index is 1020. The van der Waals surface area contributed by atoms with Gasteiger partial charge in [-0.05, 0) is 60.7 Å². The van der Waals surface area contributed by atoms with Gasteiger partial charge in [0.05, 0.1) is 17.6 Å². The minimum atomic E-state index is -0.521. The fourth-order valence-corrected chi connectivity index (χ4v) is 2.63. The first-order valence-electron chi connectivity index (χ1n) is 7.88. The summed E-state index contributed by atoms with van der Waals surface area (Å²) in [6.07, 6.45) is 2.89. The number of methoxy groups -OCH3 is 1. The molecule has 0 saturated heterocycles. The van der Waals surface area contributed by atoms with Gasteiger partial charge in [0.1, 0.15) is 17.3 Å². The first-order chi connectivity index (χ1) is 13.0. The molecule has 0 aliphatic heterocycles. The Balaban J connectivity index is 1.81. The van der Waals surface area contributed by atoms with E-state index >= 15 is 0 Å². The zero-order valence-corrected chi connectivity index (χ0v) is 15.0. The van der Waals surface area contributed by atoms with Crippen molar-refractivity contribution < 1.29 is 18.9 Å². The van der Waals surface area contributed by atoms with Gasteiger partial charge < -0.3 is 9.15 Å². The van der Waals surface area contributed by atoms with Crippen LogP contribution in [0.15, 0.2) is 65.1 Å². The van der Waals surface area contributed by atoms with E-state index in [1.54, 1.807) is 49.6 Å². The van der Waals surface area contributed by atoms with E-state index < -0.39 is 4.92 Å². The summed E-state index contributed by atoms with van der Waals surface area (Å²) >= 11 is 5.82. The zero-order valence-electron chi connectivity index (χ0n) is 14.2. The number of ketones is 1. The Labute approximate surface area is 159 Å². The largest absolute Gasteiger partial charge is 0.497 e. The van der Waals surface area contributed by atoms with Crippen molar-refractivity contribution in [1.82, 2.24) is 0 Å². The maximum absolute atomic E-state index is 12.2. The number of nitro groups is 1. The van der Waals surface area contributed by atoms with Crippen molar-refractivity contribution in [2.45, 2.75) is 0 Å². The van der Waals surface area contributed by atoms with E-state index in [2.05, 4.69) is 0 Å². The van der Waals surface area contributed by atoms with E-state index in [1.807, 2.05) is 0 Å². The topological polar surface area (TPSA) is 82.6 Å². The van der Waals surface area contributed by atoms with Crippen LogP contribution in [0, 0.1) is 10.1 Å². The third kappa shape index (κ3) is 4.24. The standard InChI is InChI=1S/C20H14ClNO5/c1-26-15-5-2-13(3-6-15)19(23)10-7-16-8-11-20(27-16)17-9-4-14(21)12-18(17)22(24)25/h2-12H,1H3/b10-7+. The maximum atomic E-state index is 12.2. The summed E-state index contributed by atoms with van der Waals surface area (Å²) in [5.41, 5.74) is 0.666. The lowest BCUT2D eigenvalue weighted by molar-refractivity contribution is -0.384. The third-order valence-electron chi connectivity index (χ3n) is 3.82. The SMILES string of the molecule is COc1ccc(C(=O)/C=C/c2ccc(-c3ccc(Cl)cc3[N+](=O)[O-])o2)cc1. The highest BCUT2D eigenvalue weighted by molar-refractivity contribution is 6.30. The second-order valence-corrected chi connectivity index (χ2v) is 5.98. The van der Waals surface area contributed by atoms with Crippen LogP contribution in [-0.4, -0.2) is 17.8 Å². The number of nitrogens with zero attached hydrogens (tertiary/aromatic N) is 1. The number of allylic oxidation sites excluding steroid dienone is 1. The Kier molecular flexibility index (Phi) is 5.38. The number of carbonyl (C=O) groups is 1. The minimum absolute atomic E-state index is 0.151. The molecule has 6 nitrogen and oxygen atoms in total. The average molecular weight is 384 g/mol. The van der Waals surface area contributed by atoms with Gasteiger partial charge in [0.25, 0.3) is 5.69 Å². The maximum Gasteiger partial charge on any atom is 0.281 e. The molecule has 0 aliphatic rings. The first kappa shape index (κ1) is 18.4. The van der Waals surface area contributed by atoms with Gasteiger partial charge in [-0.1, -0.05) is 11.6 Å². The van der Waals surface area contributed by atoms with Gasteiger partial charge >= 0.3 is 0 Å². The summed E-state index contributed by atoms with van der Waals surface area (Å²) in [5, 5.41) is 11.5. The molecule has 2 aromatic carbocycles. The molecule has 136 valence electrons. The molecule has 0 saturated carbocycles. The van der Waals surface area contributed by atoms with Crippen LogP contribution in [0.4, 0.5) is 5.69 Å². The van der Waals surface area contributed by atoms with Crippen molar-refractivity contribution >= 4 is 29.1 Å². The lowest BCUT2D eigenvalue weighted by Gasteiger charge is -2.00. The van der Waals surface area contributed by atoms with E-state index in [9.17, 15) is 14.9 Å². The molecule has 0 spiro atoms. The molecule has 1 aromatic heterocycles. The monoisotopic (exact) mass is 383 g/mol. The summed E-state index contributed by atoms with van der Waals surface area (Å²) in [6.45, 7) is 0. The summed E-state index contributed by atoms with van der Waals surface area (Å²) < 4.78 is 10.7. The minimum Gasteiger partial charge on any atom is -0.497 e. The Morgan fingerprint density at radius 1 is 1.15 bits per heavy atom. The molecule has 0 aliphatic carbocycles. The number of benzene rings is 2. The first-order valence-corrected chi connectivity index (χ1v) is 8.26. The Morgan fingerprint density at radius 2 is 1.89 bits per heavy atom. The van der Waals surface area contributed by atoms with E-state index in [0.29, 0.717) is 28.4 Å². The molecule has 0 bridgehead atoms. The van der Waals surface area contributed by atoms with E-state index in [-0.39, 0.29) is 16.5 Å². The number of carbonyl (C=O) groups excluding carboxylic acids is 1. The summed E-state index contributed by atoms with van der Waals surface area (Å²) in [5.74, 6) is 1.18. The van der Waals surface area contributed by atoms with Gasteiger partial charge in [-0.3, -0.25) is 14.9 Å². The molecule has 0 atom stereocenters. The van der Waals surface area contributed by atoms with E-state index in [0.717, 1.165) is 0 Å². The van der Waals surface area contributed by atoms with Crippen molar-refractivity contribution in [2.24, 2.45) is 0 Å². The molecule has 1 heterocycles. The van der Waals surface area contributed by atoms with Crippen molar-refractivity contribution in [3.8, 4) is 17.1 Å². The smallest absolute Gasteiger partial charge is 0.281 e. The molecule has 0 radical (unpaired) electrons. The van der Waals surface area contributed by atoms with Crippen LogP contribution in [0.1, 0.15) is 16.1 Å². The second kappa shape index (κ2) is 7.88. The molecule has 27 heavy (non-hydrogen) atoms. The average Bonchev–Trinajstić information content (AvgIpc) is 3.15. The van der Waals surface area contributed by atoms with Crippen molar-refractivity contribution in [3.05, 3.63) is 87.1 Å². The quantitative estimate of drug-likeness (QED) is 0.246. The highest BCUT2D eigenvalue weighted by Crippen LogP contribution is 2.33. The number of hydrogen-bond acceptors (Lipinski definition) is 5. The molecule has 3 rings (SSSR count). The lowest BCUT2D eigenvalue weighted by Crippen LogP contribution is -1.93. The van der Waals surface area contributed by atoms with Crippen LogP contribution < -0.4 is 4.74 Å². The van der Waals surface area contributed by atoms with Crippen molar-refractivity contribution in [2.75, 3.05) is 7.11 Å². The molecular weight excluding hydrogens is 370 g/mol. The fraction of sp³-hybridized carbons (Fsp3) is 0.0500. The summed E-state index contributed by atoms with van der Waals surface area (Å²) in [4.78, 5) is 22.9. The molecule has 7 heteroatoms. The summed E-state index contributed by atoms with van der Waals surface area (Å²) in [6, 6.07) is 14.3. The molecule has 3 aromatic rings. The molecule has 0 amide bonds. The number of nitro benzene ring substituents is 1. The number of ether oxygens (including phenoxy) is 1. The van der Waals surface area contributed by atoms with Crippen molar-refractivity contribution in [1.29, 1.82) is 0 Å².